The molecule has 0 aliphatic heterocycles. The van der Waals surface area contributed by atoms with E-state index in [-0.39, 0.29) is 0 Å². The fraction of sp³-hybridized carbons (Fsp3) is 0.800. The van der Waals surface area contributed by atoms with Crippen LogP contribution in [0, 0.1) is 5.92 Å². The van der Waals surface area contributed by atoms with Gasteiger partial charge < -0.3 is 0 Å². The molecule has 0 nitrogen and oxygen atoms in total. The first kappa shape index (κ1) is 9.74. The Morgan fingerprint density at radius 2 is 2.00 bits per heavy atom. The van der Waals surface area contributed by atoms with E-state index in [0.29, 0.717) is 0 Å². The Morgan fingerprint density at radius 1 is 1.40 bits per heavy atom. The zero-order chi connectivity index (χ0) is 7.98. The Balaban J connectivity index is 3.50. The molecule has 0 fully saturated rings. The van der Waals surface area contributed by atoms with Gasteiger partial charge in [0.2, 0.25) is 0 Å². The summed E-state index contributed by atoms with van der Waals surface area (Å²) in [5.41, 5.74) is 1.53. The lowest BCUT2D eigenvalue weighted by molar-refractivity contribution is 0.570. The van der Waals surface area contributed by atoms with E-state index in [0.717, 1.165) is 5.92 Å². The fourth-order valence-electron chi connectivity index (χ4n) is 0.713. The van der Waals surface area contributed by atoms with Gasteiger partial charge in [-0.3, -0.25) is 0 Å². The van der Waals surface area contributed by atoms with Crippen molar-refractivity contribution in [3.05, 3.63) is 11.6 Å². The summed E-state index contributed by atoms with van der Waals surface area (Å²) in [5, 5.41) is 0. The van der Waals surface area contributed by atoms with Crippen LogP contribution < -0.4 is 0 Å². The topological polar surface area (TPSA) is 0 Å². The van der Waals surface area contributed by atoms with Gasteiger partial charge in [-0.25, -0.2) is 0 Å². The number of allylic oxidation sites excluding steroid dienone is 2. The maximum Gasteiger partial charge on any atom is -0.0322 e. The van der Waals surface area contributed by atoms with Crippen molar-refractivity contribution in [2.45, 2.75) is 47.0 Å². The monoisotopic (exact) mass is 140 g/mol. The molecule has 10 heavy (non-hydrogen) atoms. The van der Waals surface area contributed by atoms with Crippen molar-refractivity contribution in [1.29, 1.82) is 0 Å². The van der Waals surface area contributed by atoms with Gasteiger partial charge in [0, 0.05) is 0 Å². The maximum atomic E-state index is 2.37. The average Bonchev–Trinajstić information content (AvgIpc) is 1.99. The van der Waals surface area contributed by atoms with E-state index in [9.17, 15) is 0 Å². The third-order valence-electron chi connectivity index (χ3n) is 2.12. The summed E-state index contributed by atoms with van der Waals surface area (Å²) in [6, 6.07) is 0. The molecule has 0 saturated carbocycles. The summed E-state index contributed by atoms with van der Waals surface area (Å²) in [6.07, 6.45) is 6.13. The van der Waals surface area contributed by atoms with Gasteiger partial charge in [0.05, 0.1) is 0 Å². The molecule has 0 aromatic heterocycles. The van der Waals surface area contributed by atoms with Crippen molar-refractivity contribution in [3.8, 4) is 0 Å². The number of rotatable bonds is 4. The van der Waals surface area contributed by atoms with E-state index in [1.165, 1.54) is 24.8 Å². The van der Waals surface area contributed by atoms with Crippen molar-refractivity contribution in [1.82, 2.24) is 0 Å². The van der Waals surface area contributed by atoms with Crippen LogP contribution in [-0.2, 0) is 0 Å². The van der Waals surface area contributed by atoms with E-state index in [1.807, 2.05) is 0 Å². The van der Waals surface area contributed by atoms with Crippen LogP contribution in [0.25, 0.3) is 0 Å². The van der Waals surface area contributed by atoms with E-state index < -0.39 is 0 Å². The van der Waals surface area contributed by atoms with Gasteiger partial charge >= 0.3 is 0 Å². The van der Waals surface area contributed by atoms with Crippen LogP contribution in [0.1, 0.15) is 47.0 Å². The third-order valence-corrected chi connectivity index (χ3v) is 2.12. The Morgan fingerprint density at radius 3 is 2.40 bits per heavy atom. The standard InChI is InChI=1S/C10H20/c1-5-9(3)7-8-10(4)6-2/h7,10H,5-6,8H2,1-4H3. The lowest BCUT2D eigenvalue weighted by Gasteiger charge is -2.03. The minimum Gasteiger partial charge on any atom is -0.0854 e. The van der Waals surface area contributed by atoms with Crippen LogP contribution in [0.4, 0.5) is 0 Å². The molecule has 0 heterocycles. The zero-order valence-electron chi connectivity index (χ0n) is 7.78. The first-order valence-electron chi connectivity index (χ1n) is 4.36. The van der Waals surface area contributed by atoms with Gasteiger partial charge in [-0.05, 0) is 25.7 Å². The molecule has 0 aliphatic rings. The van der Waals surface area contributed by atoms with E-state index in [1.54, 1.807) is 0 Å². The van der Waals surface area contributed by atoms with Gasteiger partial charge in [0.1, 0.15) is 0 Å². The summed E-state index contributed by atoms with van der Waals surface area (Å²) in [6.45, 7) is 8.98. The summed E-state index contributed by atoms with van der Waals surface area (Å²) in [4.78, 5) is 0. The second-order valence-electron chi connectivity index (χ2n) is 3.15. The molecule has 0 saturated heterocycles. The summed E-state index contributed by atoms with van der Waals surface area (Å²) < 4.78 is 0. The smallest absolute Gasteiger partial charge is 0.0322 e. The van der Waals surface area contributed by atoms with Gasteiger partial charge in [-0.1, -0.05) is 38.8 Å². The lowest BCUT2D eigenvalue weighted by Crippen LogP contribution is -1.88. The predicted molar refractivity (Wildman–Crippen MR) is 48.1 cm³/mol. The minimum absolute atomic E-state index is 0.862. The molecule has 0 bridgehead atoms. The Hall–Kier alpha value is -0.260. The van der Waals surface area contributed by atoms with Crippen molar-refractivity contribution in [2.75, 3.05) is 0 Å². The highest BCUT2D eigenvalue weighted by molar-refractivity contribution is 4.96. The second-order valence-corrected chi connectivity index (χ2v) is 3.15. The molecule has 0 spiro atoms. The average molecular weight is 140 g/mol. The van der Waals surface area contributed by atoms with E-state index >= 15 is 0 Å². The summed E-state index contributed by atoms with van der Waals surface area (Å²) >= 11 is 0. The van der Waals surface area contributed by atoms with E-state index in [4.69, 9.17) is 0 Å². The maximum absolute atomic E-state index is 2.37. The van der Waals surface area contributed by atoms with Crippen molar-refractivity contribution < 1.29 is 0 Å². The highest BCUT2D eigenvalue weighted by Gasteiger charge is 1.94. The molecule has 0 radical (unpaired) electrons. The van der Waals surface area contributed by atoms with Crippen molar-refractivity contribution in [3.63, 3.8) is 0 Å². The molecular weight excluding hydrogens is 120 g/mol. The molecule has 0 N–H and O–H groups in total. The fourth-order valence-corrected chi connectivity index (χ4v) is 0.713. The van der Waals surface area contributed by atoms with Crippen LogP contribution in [0.15, 0.2) is 11.6 Å². The van der Waals surface area contributed by atoms with Gasteiger partial charge in [-0.2, -0.15) is 0 Å². The molecule has 0 rings (SSSR count). The minimum atomic E-state index is 0.862. The molecule has 0 amide bonds. The molecule has 60 valence electrons. The Labute approximate surface area is 65.3 Å². The third kappa shape index (κ3) is 4.60. The number of hydrogen-bond donors (Lipinski definition) is 0. The van der Waals surface area contributed by atoms with Crippen LogP contribution in [-0.4, -0.2) is 0 Å². The Bertz CT molecular complexity index is 101. The Kier molecular flexibility index (Phi) is 5.38. The number of hydrogen-bond acceptors (Lipinski definition) is 0. The highest BCUT2D eigenvalue weighted by atomic mass is 14.0. The lowest BCUT2D eigenvalue weighted by atomic mass is 10.0. The molecule has 1 atom stereocenters. The van der Waals surface area contributed by atoms with Crippen molar-refractivity contribution >= 4 is 0 Å². The van der Waals surface area contributed by atoms with E-state index in [2.05, 4.69) is 33.8 Å². The SMILES string of the molecule is CCC(C)=CCC(C)CC. The normalized spacial score (nSPS) is 15.4. The van der Waals surface area contributed by atoms with Crippen LogP contribution in [0.3, 0.4) is 0 Å². The summed E-state index contributed by atoms with van der Waals surface area (Å²) in [7, 11) is 0. The molecule has 0 aromatic rings. The second kappa shape index (κ2) is 5.52. The summed E-state index contributed by atoms with van der Waals surface area (Å²) in [5.74, 6) is 0.862. The zero-order valence-corrected chi connectivity index (χ0v) is 7.78. The van der Waals surface area contributed by atoms with Gasteiger partial charge in [0.25, 0.3) is 0 Å². The first-order valence-corrected chi connectivity index (χ1v) is 4.36. The molecule has 0 heteroatoms. The predicted octanol–water partition coefficient (Wildman–Crippen LogP) is 3.78. The highest BCUT2D eigenvalue weighted by Crippen LogP contribution is 2.10. The van der Waals surface area contributed by atoms with Crippen LogP contribution in [0.5, 0.6) is 0 Å². The van der Waals surface area contributed by atoms with Gasteiger partial charge in [-0.15, -0.1) is 0 Å². The van der Waals surface area contributed by atoms with Gasteiger partial charge in [0.15, 0.2) is 0 Å². The first-order chi connectivity index (χ1) is 4.70. The molecular formula is C10H20. The molecule has 0 aliphatic carbocycles. The largest absolute Gasteiger partial charge is 0.0854 e. The molecule has 0 aromatic carbocycles. The van der Waals surface area contributed by atoms with Crippen LogP contribution in [0.2, 0.25) is 0 Å². The van der Waals surface area contributed by atoms with Crippen molar-refractivity contribution in [2.24, 2.45) is 5.92 Å². The molecule has 1 unspecified atom stereocenters. The quantitative estimate of drug-likeness (QED) is 0.521. The van der Waals surface area contributed by atoms with Crippen LogP contribution >= 0.6 is 0 Å².